The van der Waals surface area contributed by atoms with Crippen molar-refractivity contribution in [3.8, 4) is 16.9 Å². The van der Waals surface area contributed by atoms with Crippen molar-refractivity contribution in [1.82, 2.24) is 34.6 Å². The number of aromatic nitrogens is 7. The van der Waals surface area contributed by atoms with Crippen molar-refractivity contribution in [1.29, 1.82) is 0 Å². The number of rotatable bonds is 2. The lowest BCUT2D eigenvalue weighted by Crippen LogP contribution is -1.95. The van der Waals surface area contributed by atoms with E-state index in [2.05, 4.69) is 25.5 Å². The SMILES string of the molecule is c1cc(-c2cn3cccnc3n2)cc(-n2cnnn2)c1. The molecule has 0 bridgehead atoms. The number of benzene rings is 1. The van der Waals surface area contributed by atoms with Gasteiger partial charge in [-0.15, -0.1) is 5.10 Å². The minimum Gasteiger partial charge on any atom is -0.291 e. The molecule has 0 aliphatic carbocycles. The highest BCUT2D eigenvalue weighted by Crippen LogP contribution is 2.20. The van der Waals surface area contributed by atoms with E-state index in [0.717, 1.165) is 16.9 Å². The first kappa shape index (κ1) is 10.8. The summed E-state index contributed by atoms with van der Waals surface area (Å²) in [6.07, 6.45) is 7.15. The smallest absolute Gasteiger partial charge is 0.234 e. The van der Waals surface area contributed by atoms with E-state index in [1.807, 2.05) is 47.1 Å². The van der Waals surface area contributed by atoms with Crippen LogP contribution in [0, 0.1) is 0 Å². The lowest BCUT2D eigenvalue weighted by molar-refractivity contribution is 0.789. The summed E-state index contributed by atoms with van der Waals surface area (Å²) in [5, 5.41) is 11.2. The summed E-state index contributed by atoms with van der Waals surface area (Å²) in [5.41, 5.74) is 2.74. The second kappa shape index (κ2) is 4.23. The second-order valence-electron chi connectivity index (χ2n) is 4.26. The monoisotopic (exact) mass is 263 g/mol. The Morgan fingerprint density at radius 3 is 2.95 bits per heavy atom. The maximum atomic E-state index is 4.50. The minimum absolute atomic E-state index is 0.676. The van der Waals surface area contributed by atoms with Crippen LogP contribution in [-0.4, -0.2) is 34.6 Å². The molecule has 3 aromatic heterocycles. The molecule has 0 unspecified atom stereocenters. The van der Waals surface area contributed by atoms with E-state index in [9.17, 15) is 0 Å². The van der Waals surface area contributed by atoms with E-state index in [0.29, 0.717) is 5.78 Å². The average molecular weight is 263 g/mol. The molecule has 0 N–H and O–H groups in total. The molecule has 3 heterocycles. The van der Waals surface area contributed by atoms with Crippen LogP contribution in [0.4, 0.5) is 0 Å². The maximum absolute atomic E-state index is 4.50. The van der Waals surface area contributed by atoms with Crippen LogP contribution in [0.25, 0.3) is 22.7 Å². The summed E-state index contributed by atoms with van der Waals surface area (Å²) in [6, 6.07) is 9.74. The highest BCUT2D eigenvalue weighted by atomic mass is 15.5. The molecule has 1 aromatic carbocycles. The normalized spacial score (nSPS) is 11.0. The highest BCUT2D eigenvalue weighted by Gasteiger charge is 2.06. The van der Waals surface area contributed by atoms with E-state index in [-0.39, 0.29) is 0 Å². The number of nitrogens with zero attached hydrogens (tertiary/aromatic N) is 7. The van der Waals surface area contributed by atoms with E-state index >= 15 is 0 Å². The molecule has 0 aliphatic rings. The number of tetrazole rings is 1. The Bertz CT molecular complexity index is 830. The molecular formula is C13H9N7. The number of fused-ring (bicyclic) bond motifs is 1. The maximum Gasteiger partial charge on any atom is 0.234 e. The Morgan fingerprint density at radius 1 is 1.10 bits per heavy atom. The number of imidazole rings is 1. The summed E-state index contributed by atoms with van der Waals surface area (Å²) in [4.78, 5) is 8.71. The summed E-state index contributed by atoms with van der Waals surface area (Å²) < 4.78 is 3.50. The predicted molar refractivity (Wildman–Crippen MR) is 71.1 cm³/mol. The third-order valence-electron chi connectivity index (χ3n) is 2.99. The Hall–Kier alpha value is -3.09. The van der Waals surface area contributed by atoms with E-state index < -0.39 is 0 Å². The van der Waals surface area contributed by atoms with Crippen molar-refractivity contribution in [2.45, 2.75) is 0 Å². The molecule has 0 radical (unpaired) electrons. The van der Waals surface area contributed by atoms with Gasteiger partial charge in [0.1, 0.15) is 6.33 Å². The molecule has 4 aromatic rings. The standard InChI is InChI=1S/C13H9N7/c1-3-10(7-11(4-1)20-9-15-17-18-20)12-8-19-6-2-5-14-13(19)16-12/h1-9H. The minimum atomic E-state index is 0.676. The fraction of sp³-hybridized carbons (Fsp3) is 0. The number of hydrogen-bond donors (Lipinski definition) is 0. The van der Waals surface area contributed by atoms with Crippen LogP contribution < -0.4 is 0 Å². The van der Waals surface area contributed by atoms with Gasteiger partial charge >= 0.3 is 0 Å². The van der Waals surface area contributed by atoms with Crippen LogP contribution in [-0.2, 0) is 0 Å². The summed E-state index contributed by atoms with van der Waals surface area (Å²) in [5.74, 6) is 0.676. The van der Waals surface area contributed by atoms with Crippen molar-refractivity contribution in [3.63, 3.8) is 0 Å². The Kier molecular flexibility index (Phi) is 2.28. The van der Waals surface area contributed by atoms with Crippen LogP contribution in [0.1, 0.15) is 0 Å². The first-order valence-corrected chi connectivity index (χ1v) is 6.04. The zero-order valence-electron chi connectivity index (χ0n) is 10.3. The first-order valence-electron chi connectivity index (χ1n) is 6.04. The zero-order valence-corrected chi connectivity index (χ0v) is 10.3. The molecular weight excluding hydrogens is 254 g/mol. The first-order chi connectivity index (χ1) is 9.90. The van der Waals surface area contributed by atoms with Gasteiger partial charge in [-0.25, -0.2) is 14.6 Å². The predicted octanol–water partition coefficient (Wildman–Crippen LogP) is 1.37. The molecule has 7 heteroatoms. The molecule has 0 saturated carbocycles. The molecule has 0 saturated heterocycles. The van der Waals surface area contributed by atoms with Crippen LogP contribution >= 0.6 is 0 Å². The van der Waals surface area contributed by atoms with Crippen LogP contribution in [0.3, 0.4) is 0 Å². The molecule has 20 heavy (non-hydrogen) atoms. The second-order valence-corrected chi connectivity index (χ2v) is 4.26. The Balaban J connectivity index is 1.84. The van der Waals surface area contributed by atoms with Gasteiger partial charge in [-0.05, 0) is 28.6 Å². The molecule has 7 nitrogen and oxygen atoms in total. The topological polar surface area (TPSA) is 73.8 Å². The van der Waals surface area contributed by atoms with E-state index in [1.54, 1.807) is 17.2 Å². The number of hydrogen-bond acceptors (Lipinski definition) is 5. The van der Waals surface area contributed by atoms with Crippen molar-refractivity contribution >= 4 is 5.78 Å². The summed E-state index contributed by atoms with van der Waals surface area (Å²) >= 11 is 0. The van der Waals surface area contributed by atoms with Gasteiger partial charge in [-0.1, -0.05) is 12.1 Å². The van der Waals surface area contributed by atoms with E-state index in [1.165, 1.54) is 0 Å². The molecule has 0 atom stereocenters. The van der Waals surface area contributed by atoms with Crippen molar-refractivity contribution in [3.05, 3.63) is 55.2 Å². The van der Waals surface area contributed by atoms with Gasteiger partial charge in [0.15, 0.2) is 0 Å². The third-order valence-corrected chi connectivity index (χ3v) is 2.99. The molecule has 4 rings (SSSR count). The lowest BCUT2D eigenvalue weighted by Gasteiger charge is -2.01. The van der Waals surface area contributed by atoms with Crippen molar-refractivity contribution in [2.24, 2.45) is 0 Å². The Labute approximate surface area is 113 Å². The fourth-order valence-electron chi connectivity index (χ4n) is 2.06. The van der Waals surface area contributed by atoms with Crippen LogP contribution in [0.15, 0.2) is 55.2 Å². The van der Waals surface area contributed by atoms with Gasteiger partial charge in [0, 0.05) is 24.2 Å². The van der Waals surface area contributed by atoms with Gasteiger partial charge in [0.25, 0.3) is 0 Å². The fourth-order valence-corrected chi connectivity index (χ4v) is 2.06. The van der Waals surface area contributed by atoms with Crippen LogP contribution in [0.5, 0.6) is 0 Å². The summed E-state index contributed by atoms with van der Waals surface area (Å²) in [7, 11) is 0. The van der Waals surface area contributed by atoms with Gasteiger partial charge in [0.2, 0.25) is 5.78 Å². The molecule has 0 aliphatic heterocycles. The third kappa shape index (κ3) is 1.72. The van der Waals surface area contributed by atoms with Gasteiger partial charge in [-0.3, -0.25) is 4.40 Å². The van der Waals surface area contributed by atoms with E-state index in [4.69, 9.17) is 0 Å². The zero-order chi connectivity index (χ0) is 13.4. The van der Waals surface area contributed by atoms with Gasteiger partial charge in [0.05, 0.1) is 11.4 Å². The van der Waals surface area contributed by atoms with Crippen LogP contribution in [0.2, 0.25) is 0 Å². The Morgan fingerprint density at radius 2 is 2.10 bits per heavy atom. The molecule has 0 amide bonds. The van der Waals surface area contributed by atoms with Crippen molar-refractivity contribution in [2.75, 3.05) is 0 Å². The highest BCUT2D eigenvalue weighted by molar-refractivity contribution is 5.63. The quantitative estimate of drug-likeness (QED) is 0.546. The van der Waals surface area contributed by atoms with Gasteiger partial charge in [-0.2, -0.15) is 0 Å². The molecule has 96 valence electrons. The van der Waals surface area contributed by atoms with Gasteiger partial charge < -0.3 is 0 Å². The largest absolute Gasteiger partial charge is 0.291 e. The molecule has 0 spiro atoms. The summed E-state index contributed by atoms with van der Waals surface area (Å²) in [6.45, 7) is 0. The lowest BCUT2D eigenvalue weighted by atomic mass is 10.1. The average Bonchev–Trinajstić information content (AvgIpc) is 3.16. The molecule has 0 fully saturated rings. The van der Waals surface area contributed by atoms with Crippen molar-refractivity contribution < 1.29 is 0 Å².